The van der Waals surface area contributed by atoms with Gasteiger partial charge in [-0.3, -0.25) is 4.79 Å². The van der Waals surface area contributed by atoms with Gasteiger partial charge in [0, 0.05) is 24.4 Å². The van der Waals surface area contributed by atoms with Gasteiger partial charge in [0.05, 0.1) is 31.7 Å². The van der Waals surface area contributed by atoms with Gasteiger partial charge in [-0.15, -0.1) is 0 Å². The number of unbranched alkanes of at least 4 members (excludes halogenated alkanes) is 12. The lowest BCUT2D eigenvalue weighted by Crippen LogP contribution is -2.39. The molecule has 1 aliphatic rings. The summed E-state index contributed by atoms with van der Waals surface area (Å²) < 4.78 is 14.9. The molecule has 2 N–H and O–H groups in total. The first-order chi connectivity index (χ1) is 23.4. The third kappa shape index (κ3) is 12.2. The second-order valence-electron chi connectivity index (χ2n) is 13.3. The van der Waals surface area contributed by atoms with Crippen molar-refractivity contribution < 1.29 is 19.4 Å². The Bertz CT molecular complexity index is 1350. The molecule has 0 bridgehead atoms. The molecule has 0 aliphatic carbocycles. The average molecular weight is 701 g/mol. The van der Waals surface area contributed by atoms with Crippen molar-refractivity contribution in [2.45, 2.75) is 142 Å². The fourth-order valence-electron chi connectivity index (χ4n) is 6.38. The summed E-state index contributed by atoms with van der Waals surface area (Å²) in [6.45, 7) is 5.31. The van der Waals surface area contributed by atoms with E-state index >= 15 is 0 Å². The highest BCUT2D eigenvalue weighted by Crippen LogP contribution is 2.42. The molecule has 1 fully saturated rings. The van der Waals surface area contributed by atoms with Crippen LogP contribution in [0.5, 0.6) is 0 Å². The van der Waals surface area contributed by atoms with Crippen molar-refractivity contribution in [1.29, 1.82) is 0 Å². The summed E-state index contributed by atoms with van der Waals surface area (Å²) in [6, 6.07) is 15.8. The number of rotatable bonds is 21. The smallest absolute Gasteiger partial charge is 0.220 e. The minimum Gasteiger partial charge on any atom is -0.392 e. The molecule has 1 aliphatic heterocycles. The molecule has 48 heavy (non-hydrogen) atoms. The first-order valence-electron chi connectivity index (χ1n) is 18.1. The largest absolute Gasteiger partial charge is 0.392 e. The number of imidazole rings is 1. The molecule has 0 saturated carbocycles. The number of benzene rings is 2. The van der Waals surface area contributed by atoms with Crippen LogP contribution >= 0.6 is 23.2 Å². The number of aromatic nitrogens is 2. The highest BCUT2D eigenvalue weighted by atomic mass is 35.5. The third-order valence-electron chi connectivity index (χ3n) is 9.48. The molecular formula is C39H55Cl2N3O4. The van der Waals surface area contributed by atoms with E-state index < -0.39 is 6.29 Å². The molecule has 4 unspecified atom stereocenters. The molecule has 9 heteroatoms. The van der Waals surface area contributed by atoms with Crippen molar-refractivity contribution in [3.8, 4) is 0 Å². The molecule has 0 radical (unpaired) electrons. The second-order valence-corrected chi connectivity index (χ2v) is 14.0. The van der Waals surface area contributed by atoms with Crippen molar-refractivity contribution in [2.75, 3.05) is 0 Å². The van der Waals surface area contributed by atoms with Crippen molar-refractivity contribution in [2.24, 2.45) is 5.92 Å². The molecule has 2 aromatic carbocycles. The predicted octanol–water partition coefficient (Wildman–Crippen LogP) is 10.3. The first kappa shape index (κ1) is 38.4. The Morgan fingerprint density at radius 1 is 0.812 bits per heavy atom. The van der Waals surface area contributed by atoms with E-state index in [1.165, 1.54) is 70.6 Å². The molecular weight excluding hydrogens is 645 g/mol. The molecule has 1 aromatic heterocycles. The molecule has 0 spiro atoms. The van der Waals surface area contributed by atoms with E-state index in [1.54, 1.807) is 10.9 Å². The van der Waals surface area contributed by atoms with Crippen molar-refractivity contribution >= 4 is 29.1 Å². The average Bonchev–Trinajstić information content (AvgIpc) is 3.42. The third-order valence-corrected chi connectivity index (χ3v) is 10.3. The fraction of sp³-hybridized carbons (Fsp3) is 0.590. The molecule has 264 valence electrons. The lowest BCUT2D eigenvalue weighted by molar-refractivity contribution is -0.276. The van der Waals surface area contributed by atoms with Gasteiger partial charge >= 0.3 is 0 Å². The maximum absolute atomic E-state index is 12.5. The molecule has 3 aromatic rings. The Labute approximate surface area is 297 Å². The molecule has 1 saturated heterocycles. The van der Waals surface area contributed by atoms with E-state index in [9.17, 15) is 9.90 Å². The Hall–Kier alpha value is -2.42. The Morgan fingerprint density at radius 3 is 1.94 bits per heavy atom. The normalized spacial score (nSPS) is 19.4. The second kappa shape index (κ2) is 20.9. The first-order valence-corrected chi connectivity index (χ1v) is 18.9. The zero-order chi connectivity index (χ0) is 34.1. The van der Waals surface area contributed by atoms with Crippen LogP contribution in [-0.2, 0) is 34.0 Å². The Morgan fingerprint density at radius 2 is 1.38 bits per heavy atom. The lowest BCUT2D eigenvalue weighted by atomic mass is 9.90. The van der Waals surface area contributed by atoms with Gasteiger partial charge in [0.1, 0.15) is 5.15 Å². The van der Waals surface area contributed by atoms with Gasteiger partial charge < -0.3 is 24.5 Å². The highest BCUT2D eigenvalue weighted by molar-refractivity contribution is 6.40. The van der Waals surface area contributed by atoms with Gasteiger partial charge in [0.15, 0.2) is 11.4 Å². The lowest BCUT2D eigenvalue weighted by Gasteiger charge is -2.41. The minimum atomic E-state index is -0.606. The monoisotopic (exact) mass is 699 g/mol. The predicted molar refractivity (Wildman–Crippen MR) is 194 cm³/mol. The molecule has 4 rings (SSSR count). The molecule has 4 atom stereocenters. The van der Waals surface area contributed by atoms with E-state index in [0.29, 0.717) is 24.7 Å². The van der Waals surface area contributed by atoms with Crippen LogP contribution in [0.3, 0.4) is 0 Å². The van der Waals surface area contributed by atoms with Crippen LogP contribution in [0.1, 0.15) is 138 Å². The number of carbonyl (C=O) groups is 1. The number of hydrogen-bond acceptors (Lipinski definition) is 5. The fourth-order valence-corrected chi connectivity index (χ4v) is 6.69. The summed E-state index contributed by atoms with van der Waals surface area (Å²) in [6.07, 6.45) is 18.0. The highest BCUT2D eigenvalue weighted by Gasteiger charge is 2.38. The van der Waals surface area contributed by atoms with E-state index in [4.69, 9.17) is 32.7 Å². The maximum Gasteiger partial charge on any atom is 0.220 e. The van der Waals surface area contributed by atoms with Crippen molar-refractivity contribution in [3.05, 3.63) is 87.4 Å². The van der Waals surface area contributed by atoms with Gasteiger partial charge in [-0.25, -0.2) is 4.98 Å². The number of nitrogens with zero attached hydrogens (tertiary/aromatic N) is 2. The van der Waals surface area contributed by atoms with Crippen LogP contribution in [0.2, 0.25) is 10.3 Å². The summed E-state index contributed by atoms with van der Waals surface area (Å²) >= 11 is 12.5. The zero-order valence-corrected chi connectivity index (χ0v) is 30.4. The van der Waals surface area contributed by atoms with Crippen LogP contribution in [0.15, 0.2) is 54.9 Å². The van der Waals surface area contributed by atoms with Gasteiger partial charge in [-0.1, -0.05) is 163 Å². The summed E-state index contributed by atoms with van der Waals surface area (Å²) in [5.41, 5.74) is 3.77. The topological polar surface area (TPSA) is 85.6 Å². The summed E-state index contributed by atoms with van der Waals surface area (Å²) in [7, 11) is 0. The Kier molecular flexibility index (Phi) is 16.7. The number of halogens is 2. The minimum absolute atomic E-state index is 0.0112. The van der Waals surface area contributed by atoms with Crippen LogP contribution in [0, 0.1) is 5.92 Å². The van der Waals surface area contributed by atoms with E-state index in [-0.39, 0.29) is 35.8 Å². The standard InChI is InChI=1S/C39H55Cl2N3O4/c1-3-4-5-6-7-8-9-10-11-12-13-14-15-16-35(46)42-25-30-17-23-33(24-18-30)39-47-34(26-44-28-43-37(40)38(44)41)29(2)36(48-39)32-21-19-31(27-45)20-22-32/h17-24,28-29,34,36,39,45H,3-16,25-27H2,1-2H3,(H,42,46). The SMILES string of the molecule is CCCCCCCCCCCCCCCC(=O)NCc1ccc(C2OC(Cn3cnc(Cl)c3Cl)C(C)C(c3ccc(CO)cc3)O2)cc1. The summed E-state index contributed by atoms with van der Waals surface area (Å²) in [4.78, 5) is 16.6. The molecule has 7 nitrogen and oxygen atoms in total. The summed E-state index contributed by atoms with van der Waals surface area (Å²) in [5.74, 6) is 0.0918. The molecule has 2 heterocycles. The number of aliphatic hydroxyl groups is 1. The van der Waals surface area contributed by atoms with Crippen molar-refractivity contribution in [3.63, 3.8) is 0 Å². The van der Waals surface area contributed by atoms with Crippen molar-refractivity contribution in [1.82, 2.24) is 14.9 Å². The summed E-state index contributed by atoms with van der Waals surface area (Å²) in [5, 5.41) is 13.2. The van der Waals surface area contributed by atoms with E-state index in [2.05, 4.69) is 24.1 Å². The number of amides is 1. The van der Waals surface area contributed by atoms with Crippen LogP contribution in [0.4, 0.5) is 0 Å². The number of nitrogens with one attached hydrogen (secondary N) is 1. The maximum atomic E-state index is 12.5. The zero-order valence-electron chi connectivity index (χ0n) is 28.8. The van der Waals surface area contributed by atoms with Gasteiger partial charge in [0.2, 0.25) is 5.91 Å². The van der Waals surface area contributed by atoms with Gasteiger partial charge in [-0.05, 0) is 23.1 Å². The van der Waals surface area contributed by atoms with Crippen LogP contribution in [0.25, 0.3) is 0 Å². The quantitative estimate of drug-likeness (QED) is 0.108. The number of hydrogen-bond donors (Lipinski definition) is 2. The Balaban J connectivity index is 1.21. The number of aliphatic hydroxyl groups excluding tert-OH is 1. The van der Waals surface area contributed by atoms with E-state index in [0.717, 1.165) is 35.1 Å². The van der Waals surface area contributed by atoms with Gasteiger partial charge in [-0.2, -0.15) is 0 Å². The molecule has 1 amide bonds. The van der Waals surface area contributed by atoms with E-state index in [1.807, 2.05) is 48.5 Å². The number of ether oxygens (including phenoxy) is 2. The van der Waals surface area contributed by atoms with Crippen LogP contribution in [-0.4, -0.2) is 26.7 Å². The number of carbonyl (C=O) groups excluding carboxylic acids is 1. The van der Waals surface area contributed by atoms with Crippen LogP contribution < -0.4 is 5.32 Å². The van der Waals surface area contributed by atoms with Gasteiger partial charge in [0.25, 0.3) is 0 Å².